The molecule has 1 aromatic carbocycles. The molecule has 0 saturated carbocycles. The van der Waals surface area contributed by atoms with Crippen LogP contribution in [0.3, 0.4) is 0 Å². The third-order valence-electron chi connectivity index (χ3n) is 4.79. The number of nitrogens with one attached hydrogen (secondary N) is 2. The van der Waals surface area contributed by atoms with E-state index in [4.69, 9.17) is 0 Å². The van der Waals surface area contributed by atoms with Crippen LogP contribution in [0.15, 0.2) is 29.6 Å². The summed E-state index contributed by atoms with van der Waals surface area (Å²) in [5, 5.41) is 8.83. The van der Waals surface area contributed by atoms with Crippen LogP contribution in [0.5, 0.6) is 0 Å². The first kappa shape index (κ1) is 16.8. The second kappa shape index (κ2) is 6.95. The molecule has 2 N–H and O–H groups in total. The number of likely N-dealkylation sites (tertiary alicyclic amines) is 1. The normalized spacial score (nSPS) is 17.2. The van der Waals surface area contributed by atoms with E-state index in [-0.39, 0.29) is 18.1 Å². The van der Waals surface area contributed by atoms with Crippen molar-refractivity contribution in [2.24, 2.45) is 0 Å². The van der Waals surface area contributed by atoms with E-state index in [9.17, 15) is 9.59 Å². The highest BCUT2D eigenvalue weighted by atomic mass is 32.1. The summed E-state index contributed by atoms with van der Waals surface area (Å²) in [6.45, 7) is 5.10. The number of amides is 4. The van der Waals surface area contributed by atoms with E-state index in [1.165, 1.54) is 0 Å². The van der Waals surface area contributed by atoms with Gasteiger partial charge in [-0.1, -0.05) is 24.3 Å². The van der Waals surface area contributed by atoms with Gasteiger partial charge in [-0.15, -0.1) is 11.3 Å². The maximum Gasteiger partial charge on any atom is 0.317 e. The van der Waals surface area contributed by atoms with Crippen molar-refractivity contribution in [2.45, 2.75) is 19.5 Å². The van der Waals surface area contributed by atoms with Crippen molar-refractivity contribution >= 4 is 23.4 Å². The first-order valence-corrected chi connectivity index (χ1v) is 9.57. The van der Waals surface area contributed by atoms with E-state index in [0.717, 1.165) is 28.4 Å². The predicted octanol–water partition coefficient (Wildman–Crippen LogP) is 2.04. The Balaban J connectivity index is 1.25. The van der Waals surface area contributed by atoms with Gasteiger partial charge in [0.15, 0.2) is 0 Å². The smallest absolute Gasteiger partial charge is 0.317 e. The molecule has 136 valence electrons. The molecule has 0 radical (unpaired) electrons. The van der Waals surface area contributed by atoms with Crippen LogP contribution < -0.4 is 10.6 Å². The minimum Gasteiger partial charge on any atom is -0.336 e. The fourth-order valence-corrected chi connectivity index (χ4v) is 3.85. The van der Waals surface area contributed by atoms with Crippen LogP contribution in [-0.4, -0.2) is 59.1 Å². The molecule has 2 saturated heterocycles. The summed E-state index contributed by atoms with van der Waals surface area (Å²) in [5.74, 6) is 0. The van der Waals surface area contributed by atoms with Crippen LogP contribution in [0.4, 0.5) is 9.59 Å². The topological polar surface area (TPSA) is 77.6 Å². The van der Waals surface area contributed by atoms with E-state index in [2.05, 4.69) is 15.6 Å². The Morgan fingerprint density at radius 1 is 1.35 bits per heavy atom. The van der Waals surface area contributed by atoms with Gasteiger partial charge < -0.3 is 20.4 Å². The molecule has 0 unspecified atom stereocenters. The molecule has 0 bridgehead atoms. The summed E-state index contributed by atoms with van der Waals surface area (Å²) >= 11 is 1.64. The van der Waals surface area contributed by atoms with Gasteiger partial charge in [0.2, 0.25) is 0 Å². The molecular formula is C18H21N5O2S. The maximum atomic E-state index is 12.2. The summed E-state index contributed by atoms with van der Waals surface area (Å²) in [5.41, 5.74) is 3.12. The largest absolute Gasteiger partial charge is 0.336 e. The molecule has 2 aliphatic heterocycles. The van der Waals surface area contributed by atoms with Gasteiger partial charge in [-0.25, -0.2) is 14.6 Å². The zero-order valence-corrected chi connectivity index (χ0v) is 15.4. The van der Waals surface area contributed by atoms with Gasteiger partial charge in [0.1, 0.15) is 0 Å². The summed E-state index contributed by atoms with van der Waals surface area (Å²) in [7, 11) is 0. The van der Waals surface area contributed by atoms with Gasteiger partial charge in [0, 0.05) is 43.7 Å². The highest BCUT2D eigenvalue weighted by molar-refractivity contribution is 7.09. The molecule has 8 heteroatoms. The first-order chi connectivity index (χ1) is 12.6. The number of benzene rings is 1. The molecular weight excluding hydrogens is 350 g/mol. The quantitative estimate of drug-likeness (QED) is 0.863. The van der Waals surface area contributed by atoms with Crippen molar-refractivity contribution in [3.8, 4) is 11.3 Å². The number of urea groups is 2. The Labute approximate surface area is 156 Å². The molecule has 2 fully saturated rings. The second-order valence-electron chi connectivity index (χ2n) is 6.59. The number of thiazole rings is 1. The molecule has 26 heavy (non-hydrogen) atoms. The lowest BCUT2D eigenvalue weighted by atomic mass is 10.1. The standard InChI is InChI=1S/C18H21N5O2S/c1-12-21-16(11-26-12)14-4-2-13(3-5-14)8-20-17(24)22-9-15(10-22)23-7-6-19-18(23)25/h2-5,11,15H,6-10H2,1H3,(H,19,25)(H,20,24). The van der Waals surface area contributed by atoms with Crippen LogP contribution in [0.2, 0.25) is 0 Å². The zero-order valence-electron chi connectivity index (χ0n) is 14.6. The summed E-state index contributed by atoms with van der Waals surface area (Å²) in [6.07, 6.45) is 0. The number of hydrogen-bond acceptors (Lipinski definition) is 4. The number of nitrogens with zero attached hydrogens (tertiary/aromatic N) is 3. The van der Waals surface area contributed by atoms with Crippen molar-refractivity contribution in [1.29, 1.82) is 0 Å². The molecule has 1 aromatic heterocycles. The highest BCUT2D eigenvalue weighted by Crippen LogP contribution is 2.22. The van der Waals surface area contributed by atoms with Crippen molar-refractivity contribution < 1.29 is 9.59 Å². The van der Waals surface area contributed by atoms with Crippen molar-refractivity contribution in [2.75, 3.05) is 26.2 Å². The Bertz CT molecular complexity index is 813. The van der Waals surface area contributed by atoms with Crippen molar-refractivity contribution in [3.63, 3.8) is 0 Å². The molecule has 4 rings (SSSR count). The molecule has 0 atom stereocenters. The van der Waals surface area contributed by atoms with Gasteiger partial charge in [-0.2, -0.15) is 0 Å². The number of rotatable bonds is 4. The first-order valence-electron chi connectivity index (χ1n) is 8.69. The Morgan fingerprint density at radius 3 is 2.73 bits per heavy atom. The number of aromatic nitrogens is 1. The maximum absolute atomic E-state index is 12.2. The van der Waals surface area contributed by atoms with Crippen LogP contribution in [0, 0.1) is 6.92 Å². The van der Waals surface area contributed by atoms with E-state index < -0.39 is 0 Å². The molecule has 2 aromatic rings. The SMILES string of the molecule is Cc1nc(-c2ccc(CNC(=O)N3CC(N4CCNC4=O)C3)cc2)cs1. The second-order valence-corrected chi connectivity index (χ2v) is 7.65. The Hall–Kier alpha value is -2.61. The van der Waals surface area contributed by atoms with Gasteiger partial charge in [-0.3, -0.25) is 0 Å². The lowest BCUT2D eigenvalue weighted by Gasteiger charge is -2.43. The molecule has 3 heterocycles. The van der Waals surface area contributed by atoms with E-state index in [1.807, 2.05) is 41.5 Å². The van der Waals surface area contributed by atoms with Gasteiger partial charge in [0.05, 0.1) is 16.7 Å². The predicted molar refractivity (Wildman–Crippen MR) is 100.0 cm³/mol. The summed E-state index contributed by atoms with van der Waals surface area (Å²) in [4.78, 5) is 31.9. The van der Waals surface area contributed by atoms with Gasteiger partial charge in [0.25, 0.3) is 0 Å². The third kappa shape index (κ3) is 3.37. The van der Waals surface area contributed by atoms with Gasteiger partial charge >= 0.3 is 12.1 Å². The molecule has 0 spiro atoms. The Kier molecular flexibility index (Phi) is 4.50. The fourth-order valence-electron chi connectivity index (χ4n) is 3.23. The van der Waals surface area contributed by atoms with Crippen LogP contribution in [0.1, 0.15) is 10.6 Å². The van der Waals surface area contributed by atoms with Crippen LogP contribution >= 0.6 is 11.3 Å². The van der Waals surface area contributed by atoms with Crippen LogP contribution in [-0.2, 0) is 6.54 Å². The van der Waals surface area contributed by atoms with Crippen molar-refractivity contribution in [1.82, 2.24) is 25.4 Å². The third-order valence-corrected chi connectivity index (χ3v) is 5.57. The van der Waals surface area contributed by atoms with E-state index in [0.29, 0.717) is 26.2 Å². The average Bonchev–Trinajstić information content (AvgIpc) is 3.21. The average molecular weight is 371 g/mol. The van der Waals surface area contributed by atoms with Crippen LogP contribution in [0.25, 0.3) is 11.3 Å². The minimum atomic E-state index is -0.0833. The van der Waals surface area contributed by atoms with Crippen molar-refractivity contribution in [3.05, 3.63) is 40.2 Å². The van der Waals surface area contributed by atoms with Gasteiger partial charge in [-0.05, 0) is 12.5 Å². The fraction of sp³-hybridized carbons (Fsp3) is 0.389. The lowest BCUT2D eigenvalue weighted by molar-refractivity contribution is 0.0858. The molecule has 0 aliphatic carbocycles. The van der Waals surface area contributed by atoms with E-state index in [1.54, 1.807) is 16.2 Å². The number of aryl methyl sites for hydroxylation is 1. The number of carbonyl (C=O) groups excluding carboxylic acids is 2. The highest BCUT2D eigenvalue weighted by Gasteiger charge is 2.38. The molecule has 7 nitrogen and oxygen atoms in total. The summed E-state index contributed by atoms with van der Waals surface area (Å²) in [6, 6.07) is 8.12. The molecule has 2 aliphatic rings. The Morgan fingerprint density at radius 2 is 2.12 bits per heavy atom. The number of hydrogen-bond donors (Lipinski definition) is 2. The molecule has 4 amide bonds. The number of carbonyl (C=O) groups is 2. The summed E-state index contributed by atoms with van der Waals surface area (Å²) < 4.78 is 0. The monoisotopic (exact) mass is 371 g/mol. The zero-order chi connectivity index (χ0) is 18.1. The minimum absolute atomic E-state index is 0.0227. The van der Waals surface area contributed by atoms with E-state index >= 15 is 0 Å². The lowest BCUT2D eigenvalue weighted by Crippen LogP contribution is -2.63.